The van der Waals surface area contributed by atoms with Gasteiger partial charge in [-0.15, -0.1) is 11.6 Å². The first-order chi connectivity index (χ1) is 2.41. The van der Waals surface area contributed by atoms with Gasteiger partial charge in [-0.3, -0.25) is 0 Å². The van der Waals surface area contributed by atoms with Crippen molar-refractivity contribution in [3.63, 3.8) is 0 Å². The van der Waals surface area contributed by atoms with E-state index in [-0.39, 0.29) is 0 Å². The molecule has 0 aromatic rings. The lowest BCUT2D eigenvalue weighted by atomic mass is 10.7. The lowest BCUT2D eigenvalue weighted by molar-refractivity contribution is 0.473. The number of hydrogen-bond donors (Lipinski definition) is 1. The lowest BCUT2D eigenvalue weighted by Crippen LogP contribution is -1.54. The third kappa shape index (κ3) is 3.83. The summed E-state index contributed by atoms with van der Waals surface area (Å²) in [4.78, 5) is 0. The summed E-state index contributed by atoms with van der Waals surface area (Å²) in [6.07, 6.45) is 2.37. The minimum Gasteiger partial charge on any atom is -0.516 e. The zero-order valence-electron chi connectivity index (χ0n) is 2.69. The Hall–Kier alpha value is -0.170. The maximum Gasteiger partial charge on any atom is 0.0763 e. The highest BCUT2D eigenvalue weighted by atomic mass is 35.5. The highest BCUT2D eigenvalue weighted by molar-refractivity contribution is 6.18. The third-order valence-electron chi connectivity index (χ3n) is 0.194. The summed E-state index contributed by atoms with van der Waals surface area (Å²) < 4.78 is 0. The van der Waals surface area contributed by atoms with Gasteiger partial charge in [-0.1, -0.05) is 0 Å². The number of alkyl halides is 1. The van der Waals surface area contributed by atoms with E-state index in [9.17, 15) is 0 Å². The van der Waals surface area contributed by atoms with Crippen molar-refractivity contribution in [2.24, 2.45) is 0 Å². The summed E-state index contributed by atoms with van der Waals surface area (Å²) in [6.45, 7) is 0. The van der Waals surface area contributed by atoms with E-state index in [1.807, 2.05) is 0 Å². The molecule has 0 bridgehead atoms. The summed E-state index contributed by atoms with van der Waals surface area (Å²) in [5, 5.41) is 7.80. The van der Waals surface area contributed by atoms with Crippen molar-refractivity contribution >= 4 is 11.6 Å². The van der Waals surface area contributed by atoms with E-state index in [1.54, 1.807) is 0 Å². The molecular formula is C3H5ClO. The molecule has 1 N–H and O–H groups in total. The van der Waals surface area contributed by atoms with E-state index in [4.69, 9.17) is 16.7 Å². The van der Waals surface area contributed by atoms with Crippen LogP contribution in [0.25, 0.3) is 0 Å². The molecule has 0 atom stereocenters. The van der Waals surface area contributed by atoms with Gasteiger partial charge in [0.1, 0.15) is 0 Å². The fraction of sp³-hybridized carbons (Fsp3) is 0.333. The second-order valence-corrected chi connectivity index (χ2v) is 0.848. The average molecular weight is 92.5 g/mol. The Morgan fingerprint density at radius 1 is 1.80 bits per heavy atom. The number of rotatable bonds is 1. The Balaban J connectivity index is 2.62. The number of aliphatic hydroxyl groups excluding tert-OH is 1. The molecule has 0 aromatic heterocycles. The van der Waals surface area contributed by atoms with Crippen LogP contribution in [-0.2, 0) is 0 Å². The van der Waals surface area contributed by atoms with Crippen LogP contribution < -0.4 is 0 Å². The van der Waals surface area contributed by atoms with Gasteiger partial charge >= 0.3 is 0 Å². The average Bonchev–Trinajstić information content (AvgIpc) is 1.41. The molecule has 30 valence electrons. The number of halogens is 1. The predicted molar refractivity (Wildman–Crippen MR) is 22.5 cm³/mol. The molecule has 0 rings (SSSR count). The standard InChI is InChI=1S/C3H5ClO/c4-2-1-3-5/h1,3,5H,2H2/b3-1-. The summed E-state index contributed by atoms with van der Waals surface area (Å²) in [7, 11) is 0. The molecule has 0 aliphatic carbocycles. The van der Waals surface area contributed by atoms with Crippen LogP contribution in [0.2, 0.25) is 0 Å². The molecule has 0 aromatic carbocycles. The summed E-state index contributed by atoms with van der Waals surface area (Å²) in [5.41, 5.74) is 0. The Morgan fingerprint density at radius 3 is 2.40 bits per heavy atom. The molecule has 0 unspecified atom stereocenters. The minimum atomic E-state index is 0.385. The first kappa shape index (κ1) is 4.83. The second-order valence-electron chi connectivity index (χ2n) is 0.539. The molecular weight excluding hydrogens is 87.5 g/mol. The lowest BCUT2D eigenvalue weighted by Gasteiger charge is -1.63. The van der Waals surface area contributed by atoms with E-state index < -0.39 is 0 Å². The zero-order chi connectivity index (χ0) is 4.12. The van der Waals surface area contributed by atoms with Crippen LogP contribution in [0.15, 0.2) is 12.3 Å². The number of allylic oxidation sites excluding steroid dienone is 1. The largest absolute Gasteiger partial charge is 0.516 e. The molecule has 5 heavy (non-hydrogen) atoms. The van der Waals surface area contributed by atoms with Gasteiger partial charge in [0.25, 0.3) is 0 Å². The van der Waals surface area contributed by atoms with E-state index in [2.05, 4.69) is 0 Å². The van der Waals surface area contributed by atoms with Crippen LogP contribution >= 0.6 is 11.6 Å². The van der Waals surface area contributed by atoms with E-state index >= 15 is 0 Å². The van der Waals surface area contributed by atoms with Gasteiger partial charge in [0, 0.05) is 5.88 Å². The Morgan fingerprint density at radius 2 is 2.40 bits per heavy atom. The molecule has 1 nitrogen and oxygen atoms in total. The van der Waals surface area contributed by atoms with Gasteiger partial charge in [0.2, 0.25) is 0 Å². The van der Waals surface area contributed by atoms with Gasteiger partial charge in [0.15, 0.2) is 0 Å². The zero-order valence-corrected chi connectivity index (χ0v) is 3.44. The van der Waals surface area contributed by atoms with Gasteiger partial charge in [0.05, 0.1) is 6.26 Å². The SMILES string of the molecule is O/C=C\CCl. The maximum atomic E-state index is 7.80. The number of aliphatic hydroxyl groups is 1. The Kier molecular flexibility index (Phi) is 3.70. The highest BCUT2D eigenvalue weighted by Gasteiger charge is 1.56. The molecule has 0 radical (unpaired) electrons. The molecule has 0 fully saturated rings. The van der Waals surface area contributed by atoms with Crippen molar-refractivity contribution in [2.75, 3.05) is 5.88 Å². The van der Waals surface area contributed by atoms with Crippen LogP contribution in [-0.4, -0.2) is 11.0 Å². The fourth-order valence-electron chi connectivity index (χ4n) is 0.0398. The monoisotopic (exact) mass is 92.0 g/mol. The van der Waals surface area contributed by atoms with Gasteiger partial charge in [-0.25, -0.2) is 0 Å². The van der Waals surface area contributed by atoms with E-state index in [1.165, 1.54) is 6.08 Å². The van der Waals surface area contributed by atoms with E-state index in [0.29, 0.717) is 5.88 Å². The van der Waals surface area contributed by atoms with Crippen LogP contribution in [0.1, 0.15) is 0 Å². The van der Waals surface area contributed by atoms with Crippen LogP contribution in [0.5, 0.6) is 0 Å². The molecule has 0 spiro atoms. The first-order valence-corrected chi connectivity index (χ1v) is 1.80. The number of hydrogen-bond acceptors (Lipinski definition) is 1. The summed E-state index contributed by atoms with van der Waals surface area (Å²) in [6, 6.07) is 0. The molecule has 2 heteroatoms. The topological polar surface area (TPSA) is 20.2 Å². The summed E-state index contributed by atoms with van der Waals surface area (Å²) >= 11 is 5.05. The molecule has 0 aliphatic heterocycles. The quantitative estimate of drug-likeness (QED) is 0.382. The van der Waals surface area contributed by atoms with Crippen LogP contribution in [0.4, 0.5) is 0 Å². The van der Waals surface area contributed by atoms with Crippen molar-refractivity contribution in [3.8, 4) is 0 Å². The molecule has 0 heterocycles. The van der Waals surface area contributed by atoms with Gasteiger partial charge < -0.3 is 5.11 Å². The van der Waals surface area contributed by atoms with Crippen LogP contribution in [0, 0.1) is 0 Å². The van der Waals surface area contributed by atoms with Crippen molar-refractivity contribution in [1.82, 2.24) is 0 Å². The molecule has 0 saturated heterocycles. The van der Waals surface area contributed by atoms with Gasteiger partial charge in [-0.2, -0.15) is 0 Å². The predicted octanol–water partition coefficient (Wildman–Crippen LogP) is 1.30. The Labute approximate surface area is 35.9 Å². The van der Waals surface area contributed by atoms with Crippen molar-refractivity contribution in [1.29, 1.82) is 0 Å². The van der Waals surface area contributed by atoms with Crippen molar-refractivity contribution < 1.29 is 5.11 Å². The summed E-state index contributed by atoms with van der Waals surface area (Å²) in [5.74, 6) is 0.385. The normalized spacial score (nSPS) is 9.80. The van der Waals surface area contributed by atoms with Crippen LogP contribution in [0.3, 0.4) is 0 Å². The Bertz CT molecular complexity index is 33.9. The smallest absolute Gasteiger partial charge is 0.0763 e. The van der Waals surface area contributed by atoms with Gasteiger partial charge in [-0.05, 0) is 6.08 Å². The van der Waals surface area contributed by atoms with Crippen molar-refractivity contribution in [3.05, 3.63) is 12.3 Å². The molecule has 0 aliphatic rings. The fourth-order valence-corrected chi connectivity index (χ4v) is 0.120. The van der Waals surface area contributed by atoms with E-state index in [0.717, 1.165) is 6.26 Å². The molecule has 0 amide bonds. The third-order valence-corrected chi connectivity index (χ3v) is 0.373. The molecule has 0 saturated carbocycles. The second kappa shape index (κ2) is 3.83. The highest BCUT2D eigenvalue weighted by Crippen LogP contribution is 1.71. The first-order valence-electron chi connectivity index (χ1n) is 1.27. The minimum absolute atomic E-state index is 0.385. The van der Waals surface area contributed by atoms with Crippen molar-refractivity contribution in [2.45, 2.75) is 0 Å². The maximum absolute atomic E-state index is 7.80.